The van der Waals surface area contributed by atoms with Gasteiger partial charge in [-0.3, -0.25) is 0 Å². The molecule has 0 aromatic carbocycles. The predicted octanol–water partition coefficient (Wildman–Crippen LogP) is 3.51. The first kappa shape index (κ1) is 7.39. The van der Waals surface area contributed by atoms with Gasteiger partial charge in [0.1, 0.15) is 0 Å². The first-order valence-corrected chi connectivity index (χ1v) is 4.91. The van der Waals surface area contributed by atoms with Crippen molar-refractivity contribution < 1.29 is 0 Å². The molecule has 2 saturated carbocycles. The molecule has 11 heavy (non-hydrogen) atoms. The molecule has 0 bridgehead atoms. The molecule has 0 N–H and O–H groups in total. The average molecular weight is 148 g/mol. The highest BCUT2D eigenvalue weighted by atomic mass is 14.2. The quantitative estimate of drug-likeness (QED) is 0.493. The summed E-state index contributed by atoms with van der Waals surface area (Å²) in [4.78, 5) is 0. The topological polar surface area (TPSA) is 0 Å². The van der Waals surface area contributed by atoms with Gasteiger partial charge in [0.25, 0.3) is 0 Å². The van der Waals surface area contributed by atoms with Gasteiger partial charge in [-0.1, -0.05) is 17.6 Å². The van der Waals surface area contributed by atoms with Crippen LogP contribution in [0.25, 0.3) is 0 Å². The van der Waals surface area contributed by atoms with Gasteiger partial charge in [-0.05, 0) is 44.9 Å². The van der Waals surface area contributed by atoms with E-state index < -0.39 is 0 Å². The van der Waals surface area contributed by atoms with E-state index in [1.165, 1.54) is 51.4 Å². The molecule has 0 heterocycles. The summed E-state index contributed by atoms with van der Waals surface area (Å²) in [6, 6.07) is 0. The largest absolute Gasteiger partial charge is 0.0704 e. The lowest BCUT2D eigenvalue weighted by atomic mass is 9.90. The Morgan fingerprint density at radius 2 is 1.55 bits per heavy atom. The van der Waals surface area contributed by atoms with Gasteiger partial charge < -0.3 is 0 Å². The van der Waals surface area contributed by atoms with Crippen LogP contribution in [-0.2, 0) is 0 Å². The van der Waals surface area contributed by atoms with Gasteiger partial charge in [0, 0.05) is 6.42 Å². The van der Waals surface area contributed by atoms with Crippen molar-refractivity contribution in [3.63, 3.8) is 0 Å². The van der Waals surface area contributed by atoms with E-state index in [1.54, 1.807) is 11.1 Å². The summed E-state index contributed by atoms with van der Waals surface area (Å²) in [5.74, 6) is 0. The zero-order valence-corrected chi connectivity index (χ0v) is 7.16. The van der Waals surface area contributed by atoms with Crippen molar-refractivity contribution in [1.82, 2.24) is 0 Å². The fourth-order valence-electron chi connectivity index (χ4n) is 2.16. The van der Waals surface area contributed by atoms with Crippen molar-refractivity contribution in [3.8, 4) is 0 Å². The maximum atomic E-state index is 3.54. The standard InChI is InChI=1S/C11H16/c1-2-6-10(7-3-1)11-8-4-5-9-11/h1-6,8-9H2. The second-order valence-electron chi connectivity index (χ2n) is 3.67. The average Bonchev–Trinajstić information content (AvgIpc) is 2.58. The molecule has 2 rings (SSSR count). The van der Waals surface area contributed by atoms with E-state index in [2.05, 4.69) is 6.42 Å². The third-order valence-corrected chi connectivity index (χ3v) is 2.83. The summed E-state index contributed by atoms with van der Waals surface area (Å²) in [6.07, 6.45) is 14.5. The van der Waals surface area contributed by atoms with E-state index in [-0.39, 0.29) is 0 Å². The van der Waals surface area contributed by atoms with Gasteiger partial charge in [0.05, 0.1) is 0 Å². The van der Waals surface area contributed by atoms with Crippen molar-refractivity contribution >= 4 is 0 Å². The molecule has 0 unspecified atom stereocenters. The predicted molar refractivity (Wildman–Crippen MR) is 47.2 cm³/mol. The first-order valence-electron chi connectivity index (χ1n) is 4.91. The molecule has 60 valence electrons. The minimum absolute atomic E-state index is 1.22. The fourth-order valence-corrected chi connectivity index (χ4v) is 2.16. The van der Waals surface area contributed by atoms with Gasteiger partial charge in [0.2, 0.25) is 0 Å². The summed E-state index contributed by atoms with van der Waals surface area (Å²) in [6.45, 7) is 0. The van der Waals surface area contributed by atoms with Crippen molar-refractivity contribution in [2.75, 3.05) is 0 Å². The van der Waals surface area contributed by atoms with E-state index in [0.29, 0.717) is 0 Å². The molecule has 0 amide bonds. The molecular formula is C11H16. The number of rotatable bonds is 0. The zero-order chi connectivity index (χ0) is 7.52. The Morgan fingerprint density at radius 3 is 2.18 bits per heavy atom. The van der Waals surface area contributed by atoms with Gasteiger partial charge in [-0.2, -0.15) is 0 Å². The molecule has 0 aromatic heterocycles. The lowest BCUT2D eigenvalue weighted by molar-refractivity contribution is 0.665. The summed E-state index contributed by atoms with van der Waals surface area (Å²) in [5.41, 5.74) is 3.35. The van der Waals surface area contributed by atoms with Gasteiger partial charge in [-0.15, -0.1) is 0 Å². The Kier molecular flexibility index (Phi) is 2.30. The van der Waals surface area contributed by atoms with Crippen LogP contribution in [0, 0.1) is 6.42 Å². The first-order chi connectivity index (χ1) is 5.47. The Balaban J connectivity index is 2.03. The van der Waals surface area contributed by atoms with Gasteiger partial charge in [-0.25, -0.2) is 0 Å². The maximum absolute atomic E-state index is 3.54. The number of allylic oxidation sites excluding steroid dienone is 2. The molecule has 0 aromatic rings. The normalized spacial score (nSPS) is 26.2. The van der Waals surface area contributed by atoms with Crippen LogP contribution in [0.2, 0.25) is 0 Å². The fraction of sp³-hybridized carbons (Fsp3) is 0.727. The monoisotopic (exact) mass is 148 g/mol. The summed E-state index contributed by atoms with van der Waals surface area (Å²) in [7, 11) is 0. The summed E-state index contributed by atoms with van der Waals surface area (Å²) in [5, 5.41) is 0. The molecule has 2 aliphatic rings. The van der Waals surface area contributed by atoms with Crippen LogP contribution in [-0.4, -0.2) is 0 Å². The van der Waals surface area contributed by atoms with Crippen LogP contribution < -0.4 is 0 Å². The Labute approximate surface area is 69.7 Å². The third-order valence-electron chi connectivity index (χ3n) is 2.83. The highest BCUT2D eigenvalue weighted by Crippen LogP contribution is 2.33. The number of hydrogen-bond acceptors (Lipinski definition) is 0. The molecule has 2 radical (unpaired) electrons. The summed E-state index contributed by atoms with van der Waals surface area (Å²) < 4.78 is 0. The molecule has 0 heteroatoms. The van der Waals surface area contributed by atoms with E-state index in [9.17, 15) is 0 Å². The smallest absolute Gasteiger partial charge is 0.0119 e. The Hall–Kier alpha value is -0.260. The van der Waals surface area contributed by atoms with Gasteiger partial charge >= 0.3 is 0 Å². The highest BCUT2D eigenvalue weighted by Gasteiger charge is 2.14. The second kappa shape index (κ2) is 3.42. The van der Waals surface area contributed by atoms with Crippen LogP contribution in [0.15, 0.2) is 11.1 Å². The molecule has 0 atom stereocenters. The lowest BCUT2D eigenvalue weighted by Gasteiger charge is -2.15. The maximum Gasteiger partial charge on any atom is 0.0119 e. The van der Waals surface area contributed by atoms with E-state index in [1.807, 2.05) is 0 Å². The molecular weight excluding hydrogens is 132 g/mol. The van der Waals surface area contributed by atoms with Crippen LogP contribution in [0.1, 0.15) is 51.4 Å². The van der Waals surface area contributed by atoms with Crippen LogP contribution in [0.3, 0.4) is 0 Å². The molecule has 2 aliphatic carbocycles. The Morgan fingerprint density at radius 1 is 0.818 bits per heavy atom. The minimum atomic E-state index is 1.22. The molecule has 0 nitrogen and oxygen atoms in total. The molecule has 0 saturated heterocycles. The SMILES string of the molecule is [C]1CCCCC1=C1CCCC1. The molecule has 0 spiro atoms. The molecule has 0 aliphatic heterocycles. The van der Waals surface area contributed by atoms with E-state index in [4.69, 9.17) is 0 Å². The van der Waals surface area contributed by atoms with Gasteiger partial charge in [0.15, 0.2) is 0 Å². The van der Waals surface area contributed by atoms with Crippen LogP contribution >= 0.6 is 0 Å². The highest BCUT2D eigenvalue weighted by molar-refractivity contribution is 5.25. The zero-order valence-electron chi connectivity index (χ0n) is 7.16. The Bertz CT molecular complexity index is 149. The van der Waals surface area contributed by atoms with Crippen molar-refractivity contribution in [1.29, 1.82) is 0 Å². The van der Waals surface area contributed by atoms with Crippen LogP contribution in [0.4, 0.5) is 0 Å². The van der Waals surface area contributed by atoms with Crippen molar-refractivity contribution in [3.05, 3.63) is 17.6 Å². The van der Waals surface area contributed by atoms with E-state index in [0.717, 1.165) is 0 Å². The van der Waals surface area contributed by atoms with Crippen molar-refractivity contribution in [2.24, 2.45) is 0 Å². The second-order valence-corrected chi connectivity index (χ2v) is 3.67. The lowest BCUT2D eigenvalue weighted by Crippen LogP contribution is -1.97. The van der Waals surface area contributed by atoms with Crippen LogP contribution in [0.5, 0.6) is 0 Å². The van der Waals surface area contributed by atoms with Crippen molar-refractivity contribution in [2.45, 2.75) is 51.4 Å². The summed E-state index contributed by atoms with van der Waals surface area (Å²) >= 11 is 0. The van der Waals surface area contributed by atoms with E-state index >= 15 is 0 Å². The minimum Gasteiger partial charge on any atom is -0.0704 e. The number of hydrogen-bond donors (Lipinski definition) is 0. The molecule has 2 fully saturated rings. The third kappa shape index (κ3) is 1.66.